The zero-order valence-corrected chi connectivity index (χ0v) is 13.0. The van der Waals surface area contributed by atoms with E-state index in [1.165, 1.54) is 0 Å². The van der Waals surface area contributed by atoms with E-state index in [1.54, 1.807) is 30.7 Å². The van der Waals surface area contributed by atoms with Crippen LogP contribution in [0.1, 0.15) is 12.0 Å². The Kier molecular flexibility index (Phi) is 3.03. The number of halogens is 2. The Morgan fingerprint density at radius 2 is 2.05 bits per heavy atom. The topological polar surface area (TPSA) is 58.1 Å². The highest BCUT2D eigenvalue weighted by molar-refractivity contribution is 6.42. The van der Waals surface area contributed by atoms with E-state index < -0.39 is 5.41 Å². The number of nitrogens with one attached hydrogen (secondary N) is 1. The van der Waals surface area contributed by atoms with Crippen molar-refractivity contribution in [3.8, 4) is 0 Å². The van der Waals surface area contributed by atoms with Gasteiger partial charge in [-0.15, -0.1) is 0 Å². The maximum Gasteiger partial charge on any atom is 0.236 e. The largest absolute Gasteiger partial charge is 0.354 e. The number of anilines is 2. The Labute approximate surface area is 137 Å². The number of fused-ring (bicyclic) bond motifs is 2. The van der Waals surface area contributed by atoms with Gasteiger partial charge in [-0.3, -0.25) is 9.78 Å². The van der Waals surface area contributed by atoms with E-state index in [-0.39, 0.29) is 5.91 Å². The average Bonchev–Trinajstić information content (AvgIpc) is 3.07. The molecule has 4 rings (SSSR count). The van der Waals surface area contributed by atoms with Gasteiger partial charge in [0.1, 0.15) is 5.82 Å². The highest BCUT2D eigenvalue weighted by Crippen LogP contribution is 2.47. The van der Waals surface area contributed by atoms with Crippen LogP contribution < -0.4 is 10.2 Å². The molecule has 1 aromatic heterocycles. The lowest BCUT2D eigenvalue weighted by molar-refractivity contribution is -0.120. The monoisotopic (exact) mass is 334 g/mol. The van der Waals surface area contributed by atoms with Crippen molar-refractivity contribution in [3.63, 3.8) is 0 Å². The lowest BCUT2D eigenvalue weighted by atomic mass is 9.81. The summed E-state index contributed by atoms with van der Waals surface area (Å²) >= 11 is 12.2. The van der Waals surface area contributed by atoms with Crippen LogP contribution in [0.25, 0.3) is 0 Å². The Balaban J connectivity index is 1.75. The normalized spacial score (nSPS) is 23.0. The predicted molar refractivity (Wildman–Crippen MR) is 85.6 cm³/mol. The molecule has 7 heteroatoms. The summed E-state index contributed by atoms with van der Waals surface area (Å²) in [6, 6.07) is 3.52. The van der Waals surface area contributed by atoms with Crippen LogP contribution in [-0.2, 0) is 10.2 Å². The standard InChI is InChI=1S/C15H12Cl2N4O/c16-10-5-9-12(6-11(10)17)20-14(22)15(9)1-4-21(8-15)13-7-18-2-3-19-13/h2-3,5-7H,1,4,8H2,(H,20,22)/t15-/m1/s1. The summed E-state index contributed by atoms with van der Waals surface area (Å²) in [6.07, 6.45) is 5.70. The maximum atomic E-state index is 12.6. The Bertz CT molecular complexity index is 768. The number of hydrogen-bond acceptors (Lipinski definition) is 4. The summed E-state index contributed by atoms with van der Waals surface area (Å²) < 4.78 is 0. The van der Waals surface area contributed by atoms with Crippen molar-refractivity contribution in [2.45, 2.75) is 11.8 Å². The molecule has 1 N–H and O–H groups in total. The minimum absolute atomic E-state index is 0.00720. The van der Waals surface area contributed by atoms with Crippen LogP contribution in [0.3, 0.4) is 0 Å². The number of aromatic nitrogens is 2. The van der Waals surface area contributed by atoms with E-state index >= 15 is 0 Å². The second-order valence-corrected chi connectivity index (χ2v) is 6.40. The number of nitrogens with zero attached hydrogens (tertiary/aromatic N) is 3. The summed E-state index contributed by atoms with van der Waals surface area (Å²) in [4.78, 5) is 23.1. The Morgan fingerprint density at radius 1 is 1.23 bits per heavy atom. The third-order valence-corrected chi connectivity index (χ3v) is 5.12. The van der Waals surface area contributed by atoms with Crippen molar-refractivity contribution >= 4 is 40.6 Å². The van der Waals surface area contributed by atoms with Crippen molar-refractivity contribution in [1.29, 1.82) is 0 Å². The summed E-state index contributed by atoms with van der Waals surface area (Å²) in [5.74, 6) is 0.771. The van der Waals surface area contributed by atoms with Gasteiger partial charge in [0.25, 0.3) is 0 Å². The molecule has 0 unspecified atom stereocenters. The molecule has 1 saturated heterocycles. The molecule has 0 bridgehead atoms. The highest BCUT2D eigenvalue weighted by Gasteiger charge is 2.51. The van der Waals surface area contributed by atoms with Gasteiger partial charge in [0.2, 0.25) is 5.91 Å². The van der Waals surface area contributed by atoms with Crippen LogP contribution >= 0.6 is 23.2 Å². The first kappa shape index (κ1) is 13.8. The average molecular weight is 335 g/mol. The van der Waals surface area contributed by atoms with Crippen LogP contribution in [-0.4, -0.2) is 29.0 Å². The molecule has 112 valence electrons. The van der Waals surface area contributed by atoms with E-state index in [0.717, 1.165) is 23.6 Å². The first-order valence-electron chi connectivity index (χ1n) is 6.92. The zero-order valence-electron chi connectivity index (χ0n) is 11.5. The minimum Gasteiger partial charge on any atom is -0.354 e. The Hall–Kier alpha value is -1.85. The fourth-order valence-corrected chi connectivity index (χ4v) is 3.60. The molecule has 1 fully saturated rings. The number of hydrogen-bond donors (Lipinski definition) is 1. The van der Waals surface area contributed by atoms with Gasteiger partial charge in [-0.1, -0.05) is 23.2 Å². The van der Waals surface area contributed by atoms with Crippen LogP contribution in [0.15, 0.2) is 30.7 Å². The van der Waals surface area contributed by atoms with Gasteiger partial charge in [-0.25, -0.2) is 4.98 Å². The van der Waals surface area contributed by atoms with E-state index in [9.17, 15) is 4.79 Å². The minimum atomic E-state index is -0.596. The van der Waals surface area contributed by atoms with Gasteiger partial charge in [0, 0.05) is 31.2 Å². The van der Waals surface area contributed by atoms with Gasteiger partial charge in [0.15, 0.2) is 0 Å². The van der Waals surface area contributed by atoms with Crippen LogP contribution in [0.2, 0.25) is 10.0 Å². The number of benzene rings is 1. The molecule has 0 radical (unpaired) electrons. The molecular weight excluding hydrogens is 323 g/mol. The van der Waals surface area contributed by atoms with Gasteiger partial charge in [-0.05, 0) is 24.1 Å². The molecule has 2 aromatic rings. The summed E-state index contributed by atoms with van der Waals surface area (Å²) in [5, 5.41) is 3.84. The molecule has 0 saturated carbocycles. The van der Waals surface area contributed by atoms with E-state index in [1.807, 2.05) is 0 Å². The lowest BCUT2D eigenvalue weighted by Gasteiger charge is -2.23. The smallest absolute Gasteiger partial charge is 0.236 e. The third-order valence-electron chi connectivity index (χ3n) is 4.40. The van der Waals surface area contributed by atoms with Crippen molar-refractivity contribution in [3.05, 3.63) is 46.3 Å². The molecule has 0 aliphatic carbocycles. The SMILES string of the molecule is O=C1Nc2cc(Cl)c(Cl)cc2[C@]12CCN(c1cnccn1)C2. The van der Waals surface area contributed by atoms with Crippen molar-refractivity contribution in [2.75, 3.05) is 23.3 Å². The van der Waals surface area contributed by atoms with Gasteiger partial charge < -0.3 is 10.2 Å². The van der Waals surface area contributed by atoms with Gasteiger partial charge in [-0.2, -0.15) is 0 Å². The number of amides is 1. The molecule has 1 aromatic carbocycles. The number of carbonyl (C=O) groups is 1. The maximum absolute atomic E-state index is 12.6. The molecular formula is C15H12Cl2N4O. The lowest BCUT2D eigenvalue weighted by Crippen LogP contribution is -2.37. The third kappa shape index (κ3) is 1.89. The quantitative estimate of drug-likeness (QED) is 0.871. The van der Waals surface area contributed by atoms with E-state index in [2.05, 4.69) is 20.2 Å². The first-order valence-corrected chi connectivity index (χ1v) is 7.68. The molecule has 3 heterocycles. The highest BCUT2D eigenvalue weighted by atomic mass is 35.5. The number of carbonyl (C=O) groups excluding carboxylic acids is 1. The van der Waals surface area contributed by atoms with Crippen molar-refractivity contribution in [2.24, 2.45) is 0 Å². The molecule has 5 nitrogen and oxygen atoms in total. The Morgan fingerprint density at radius 3 is 2.82 bits per heavy atom. The number of rotatable bonds is 1. The van der Waals surface area contributed by atoms with Gasteiger partial charge in [0.05, 0.1) is 21.7 Å². The van der Waals surface area contributed by atoms with E-state index in [4.69, 9.17) is 23.2 Å². The second kappa shape index (κ2) is 4.83. The molecule has 2 aliphatic heterocycles. The predicted octanol–water partition coefficient (Wildman–Crippen LogP) is 2.88. The molecule has 2 aliphatic rings. The van der Waals surface area contributed by atoms with Crippen molar-refractivity contribution < 1.29 is 4.79 Å². The summed E-state index contributed by atoms with van der Waals surface area (Å²) in [6.45, 7) is 1.30. The second-order valence-electron chi connectivity index (χ2n) is 5.58. The zero-order chi connectivity index (χ0) is 15.3. The first-order chi connectivity index (χ1) is 10.6. The van der Waals surface area contributed by atoms with Crippen LogP contribution in [0, 0.1) is 0 Å². The molecule has 22 heavy (non-hydrogen) atoms. The molecule has 1 atom stereocenters. The van der Waals surface area contributed by atoms with Crippen LogP contribution in [0.4, 0.5) is 11.5 Å². The summed E-state index contributed by atoms with van der Waals surface area (Å²) in [5.41, 5.74) is 1.07. The molecule has 1 spiro atoms. The van der Waals surface area contributed by atoms with Gasteiger partial charge >= 0.3 is 0 Å². The summed E-state index contributed by atoms with van der Waals surface area (Å²) in [7, 11) is 0. The van der Waals surface area contributed by atoms with Crippen molar-refractivity contribution in [1.82, 2.24) is 9.97 Å². The fraction of sp³-hybridized carbons (Fsp3) is 0.267. The molecule has 1 amide bonds. The van der Waals surface area contributed by atoms with E-state index in [0.29, 0.717) is 23.0 Å². The van der Waals surface area contributed by atoms with Crippen LogP contribution in [0.5, 0.6) is 0 Å². The fourth-order valence-electron chi connectivity index (χ4n) is 3.28.